The van der Waals surface area contributed by atoms with E-state index < -0.39 is 11.4 Å². The maximum atomic E-state index is 12.5. The van der Waals surface area contributed by atoms with Gasteiger partial charge in [-0.2, -0.15) is 0 Å². The summed E-state index contributed by atoms with van der Waals surface area (Å²) in [7, 11) is 1.51. The summed E-state index contributed by atoms with van der Waals surface area (Å²) in [5.41, 5.74) is -0.366. The summed E-state index contributed by atoms with van der Waals surface area (Å²) in [5, 5.41) is 3.28. The lowest BCUT2D eigenvalue weighted by Gasteiger charge is -2.10. The van der Waals surface area contributed by atoms with Crippen molar-refractivity contribution in [2.45, 2.75) is 18.6 Å². The maximum Gasteiger partial charge on any atom is 0.438 e. The predicted molar refractivity (Wildman–Crippen MR) is 87.2 cm³/mol. The Morgan fingerprint density at radius 3 is 2.79 bits per heavy atom. The molecule has 1 N–H and O–H groups in total. The number of thioether (sulfide) groups is 1. The van der Waals surface area contributed by atoms with E-state index in [1.165, 1.54) is 16.3 Å². The monoisotopic (exact) mass is 347 g/mol. The molecule has 0 atom stereocenters. The van der Waals surface area contributed by atoms with Gasteiger partial charge in [0.2, 0.25) is 5.78 Å². The molecule has 124 valence electrons. The second-order valence-corrected chi connectivity index (χ2v) is 6.00. The van der Waals surface area contributed by atoms with Crippen LogP contribution in [0.1, 0.15) is 17.4 Å². The highest BCUT2D eigenvalue weighted by molar-refractivity contribution is 7.99. The van der Waals surface area contributed by atoms with Crippen LogP contribution in [0.5, 0.6) is 0 Å². The molecule has 9 heteroatoms. The summed E-state index contributed by atoms with van der Waals surface area (Å²) in [6.45, 7) is 2.28. The summed E-state index contributed by atoms with van der Waals surface area (Å²) in [4.78, 5) is 40.7. The van der Waals surface area contributed by atoms with E-state index in [0.29, 0.717) is 22.6 Å². The molecular formula is C15H15N4O4S+. The van der Waals surface area contributed by atoms with Crippen LogP contribution in [0, 0.1) is 0 Å². The lowest BCUT2D eigenvalue weighted by molar-refractivity contribution is -0.741. The number of ketones is 1. The first kappa shape index (κ1) is 16.2. The molecule has 2 heterocycles. The number of rotatable bonds is 5. The van der Waals surface area contributed by atoms with Gasteiger partial charge in [0.1, 0.15) is 0 Å². The van der Waals surface area contributed by atoms with Crippen molar-refractivity contribution in [3.05, 3.63) is 50.7 Å². The Bertz CT molecular complexity index is 1030. The second kappa shape index (κ2) is 6.44. The molecule has 0 unspecified atom stereocenters. The normalized spacial score (nSPS) is 11.1. The fourth-order valence-electron chi connectivity index (χ4n) is 2.38. The number of H-pyrrole nitrogens is 1. The standard InChI is InChI=1S/C15H14N4O4S/c1-3-19-13(21)9-6-4-5-7-10(9)16-15(19)24-8-11(20)12-14(22)23-17-18(12)2/h4-7H,3,8H2,1-2H3/p+1. The highest BCUT2D eigenvalue weighted by Gasteiger charge is 2.26. The first-order valence-corrected chi connectivity index (χ1v) is 8.24. The first-order chi connectivity index (χ1) is 11.5. The van der Waals surface area contributed by atoms with Crippen molar-refractivity contribution in [1.82, 2.24) is 14.8 Å². The summed E-state index contributed by atoms with van der Waals surface area (Å²) >= 11 is 1.12. The molecular weight excluding hydrogens is 332 g/mol. The SMILES string of the molecule is CCn1c(SCC(=O)c2c(=O)o[nH][n+]2C)nc2ccccc2c1=O. The molecule has 1 aromatic carbocycles. The minimum absolute atomic E-state index is 0.0266. The maximum absolute atomic E-state index is 12.5. The summed E-state index contributed by atoms with van der Waals surface area (Å²) in [6, 6.07) is 7.06. The Labute approximate surface area is 140 Å². The average Bonchev–Trinajstić information content (AvgIpc) is 2.91. The Balaban J connectivity index is 1.94. The summed E-state index contributed by atoms with van der Waals surface area (Å²) < 4.78 is 7.31. The van der Waals surface area contributed by atoms with E-state index in [-0.39, 0.29) is 17.0 Å². The van der Waals surface area contributed by atoms with E-state index in [4.69, 9.17) is 0 Å². The lowest BCUT2D eigenvalue weighted by Crippen LogP contribution is -2.39. The molecule has 0 bridgehead atoms. The van der Waals surface area contributed by atoms with Crippen LogP contribution in [0.25, 0.3) is 10.9 Å². The van der Waals surface area contributed by atoms with Crippen molar-refractivity contribution >= 4 is 28.4 Å². The molecule has 24 heavy (non-hydrogen) atoms. The molecule has 0 radical (unpaired) electrons. The van der Waals surface area contributed by atoms with Crippen LogP contribution in [-0.4, -0.2) is 26.4 Å². The zero-order valence-corrected chi connectivity index (χ0v) is 13.9. The number of hydrogen-bond acceptors (Lipinski definition) is 6. The number of nitrogens with zero attached hydrogens (tertiary/aromatic N) is 3. The van der Waals surface area contributed by atoms with Crippen molar-refractivity contribution in [3.8, 4) is 0 Å². The van der Waals surface area contributed by atoms with Gasteiger partial charge < -0.3 is 0 Å². The molecule has 0 aliphatic rings. The van der Waals surface area contributed by atoms with Crippen LogP contribution in [-0.2, 0) is 13.6 Å². The zero-order chi connectivity index (χ0) is 17.3. The van der Waals surface area contributed by atoms with E-state index in [1.807, 2.05) is 6.92 Å². The number of carbonyl (C=O) groups excluding carboxylic acids is 1. The van der Waals surface area contributed by atoms with Crippen LogP contribution in [0.3, 0.4) is 0 Å². The zero-order valence-electron chi connectivity index (χ0n) is 13.1. The van der Waals surface area contributed by atoms with Gasteiger partial charge in [-0.15, -0.1) is 0 Å². The van der Waals surface area contributed by atoms with Gasteiger partial charge in [0.05, 0.1) is 16.7 Å². The Hall–Kier alpha value is -2.68. The number of benzene rings is 1. The van der Waals surface area contributed by atoms with Gasteiger partial charge in [-0.05, 0) is 24.3 Å². The number of aryl methyl sites for hydroxylation is 1. The number of fused-ring (bicyclic) bond motifs is 1. The van der Waals surface area contributed by atoms with Gasteiger partial charge in [0, 0.05) is 6.54 Å². The molecule has 0 amide bonds. The number of aromatic amines is 1. The highest BCUT2D eigenvalue weighted by atomic mass is 32.2. The third-order valence-corrected chi connectivity index (χ3v) is 4.52. The topological polar surface area (TPSA) is 102 Å². The molecule has 0 fully saturated rings. The van der Waals surface area contributed by atoms with Crippen molar-refractivity contribution in [2.75, 3.05) is 5.75 Å². The van der Waals surface area contributed by atoms with E-state index in [1.54, 1.807) is 24.3 Å². The highest BCUT2D eigenvalue weighted by Crippen LogP contribution is 2.18. The lowest BCUT2D eigenvalue weighted by atomic mass is 10.2. The molecule has 8 nitrogen and oxygen atoms in total. The summed E-state index contributed by atoms with van der Waals surface area (Å²) in [5.74, 6) is -0.427. The number of carbonyl (C=O) groups is 1. The first-order valence-electron chi connectivity index (χ1n) is 7.26. The van der Waals surface area contributed by atoms with E-state index in [0.717, 1.165) is 11.8 Å². The fraction of sp³-hybridized carbons (Fsp3) is 0.267. The van der Waals surface area contributed by atoms with Crippen molar-refractivity contribution < 1.29 is 14.0 Å². The number of para-hydroxylation sites is 1. The van der Waals surface area contributed by atoms with Gasteiger partial charge in [0.15, 0.2) is 12.2 Å². The van der Waals surface area contributed by atoms with Gasteiger partial charge in [-0.1, -0.05) is 28.6 Å². The Morgan fingerprint density at radius 2 is 2.12 bits per heavy atom. The molecule has 0 saturated heterocycles. The third-order valence-electron chi connectivity index (χ3n) is 3.54. The molecule has 0 aliphatic heterocycles. The van der Waals surface area contributed by atoms with Gasteiger partial charge >= 0.3 is 11.3 Å². The molecule has 3 rings (SSSR count). The fourth-order valence-corrected chi connectivity index (χ4v) is 3.30. The van der Waals surface area contributed by atoms with Gasteiger partial charge in [-0.3, -0.25) is 18.7 Å². The quantitative estimate of drug-likeness (QED) is 0.312. The van der Waals surface area contributed by atoms with Crippen LogP contribution in [0.2, 0.25) is 0 Å². The molecule has 0 aliphatic carbocycles. The molecule has 3 aromatic rings. The van der Waals surface area contributed by atoms with Gasteiger partial charge in [0.25, 0.3) is 5.56 Å². The second-order valence-electron chi connectivity index (χ2n) is 5.06. The van der Waals surface area contributed by atoms with E-state index >= 15 is 0 Å². The van der Waals surface area contributed by atoms with Crippen LogP contribution < -0.4 is 15.9 Å². The van der Waals surface area contributed by atoms with Crippen LogP contribution in [0.4, 0.5) is 0 Å². The molecule has 0 spiro atoms. The van der Waals surface area contributed by atoms with Crippen LogP contribution in [0.15, 0.2) is 43.5 Å². The summed E-state index contributed by atoms with van der Waals surface area (Å²) in [6.07, 6.45) is 0. The largest absolute Gasteiger partial charge is 0.438 e. The van der Waals surface area contributed by atoms with E-state index in [2.05, 4.69) is 14.8 Å². The molecule has 2 aromatic heterocycles. The van der Waals surface area contributed by atoms with Gasteiger partial charge in [-0.25, -0.2) is 9.78 Å². The minimum Gasteiger partial charge on any atom is -0.287 e. The Morgan fingerprint density at radius 1 is 1.38 bits per heavy atom. The predicted octanol–water partition coefficient (Wildman–Crippen LogP) is 0.497. The van der Waals surface area contributed by atoms with Crippen LogP contribution >= 0.6 is 11.8 Å². The number of nitrogens with one attached hydrogen (secondary N) is 1. The van der Waals surface area contributed by atoms with Crippen molar-refractivity contribution in [2.24, 2.45) is 7.05 Å². The van der Waals surface area contributed by atoms with Crippen molar-refractivity contribution in [1.29, 1.82) is 0 Å². The Kier molecular flexibility index (Phi) is 4.34. The number of Topliss-reactive ketones (excluding diaryl/α,β-unsaturated/α-hetero) is 1. The minimum atomic E-state index is -0.720. The number of aromatic nitrogens is 4. The number of hydrogen-bond donors (Lipinski definition) is 1. The van der Waals surface area contributed by atoms with E-state index in [9.17, 15) is 14.4 Å². The van der Waals surface area contributed by atoms with Crippen molar-refractivity contribution in [3.63, 3.8) is 0 Å². The average molecular weight is 347 g/mol. The smallest absolute Gasteiger partial charge is 0.287 e. The third kappa shape index (κ3) is 2.78. The molecule has 0 saturated carbocycles.